The number of thioether (sulfide) groups is 1. The molecule has 110 valence electrons. The summed E-state index contributed by atoms with van der Waals surface area (Å²) in [6.45, 7) is 0. The lowest BCUT2D eigenvalue weighted by atomic mass is 10.0. The highest BCUT2D eigenvalue weighted by Gasteiger charge is 2.39. The first-order valence-corrected chi connectivity index (χ1v) is 8.55. The van der Waals surface area contributed by atoms with Gasteiger partial charge in [-0.15, -0.1) is 0 Å². The van der Waals surface area contributed by atoms with Gasteiger partial charge in [0.25, 0.3) is 0 Å². The van der Waals surface area contributed by atoms with Crippen molar-refractivity contribution in [3.05, 3.63) is 23.8 Å². The van der Waals surface area contributed by atoms with Gasteiger partial charge in [-0.2, -0.15) is 11.8 Å². The molecule has 2 aliphatic rings. The van der Waals surface area contributed by atoms with Crippen molar-refractivity contribution in [2.24, 2.45) is 5.73 Å². The van der Waals surface area contributed by atoms with Gasteiger partial charge in [-0.25, -0.2) is 0 Å². The number of para-hydroxylation sites is 1. The van der Waals surface area contributed by atoms with Gasteiger partial charge in [-0.05, 0) is 55.2 Å². The Morgan fingerprint density at radius 1 is 1.30 bits per heavy atom. The molecule has 1 heterocycles. The van der Waals surface area contributed by atoms with E-state index in [1.54, 1.807) is 7.11 Å². The second-order valence-corrected chi connectivity index (χ2v) is 7.14. The van der Waals surface area contributed by atoms with Crippen molar-refractivity contribution in [3.63, 3.8) is 0 Å². The topological polar surface area (TPSA) is 44.5 Å². The number of nitrogens with two attached hydrogens (primary N) is 1. The number of hydrogen-bond donors (Lipinski definition) is 1. The first-order valence-electron chi connectivity index (χ1n) is 7.39. The molecule has 1 saturated carbocycles. The van der Waals surface area contributed by atoms with Crippen LogP contribution in [0.3, 0.4) is 0 Å². The first kappa shape index (κ1) is 14.1. The lowest BCUT2D eigenvalue weighted by Gasteiger charge is -2.25. The fourth-order valence-electron chi connectivity index (χ4n) is 2.67. The standard InChI is InChI=1S/C16H23NO2S/c1-18-14-4-2-3-12(11-16(17)7-8-16)15(14)19-13-5-9-20-10-6-13/h2-4,13H,5-11,17H2,1H3. The molecule has 1 aliphatic heterocycles. The summed E-state index contributed by atoms with van der Waals surface area (Å²) < 4.78 is 11.8. The van der Waals surface area contributed by atoms with Crippen LogP contribution in [-0.2, 0) is 6.42 Å². The van der Waals surface area contributed by atoms with Gasteiger partial charge in [0.05, 0.1) is 7.11 Å². The van der Waals surface area contributed by atoms with Crippen molar-refractivity contribution in [1.82, 2.24) is 0 Å². The Balaban J connectivity index is 1.81. The molecular weight excluding hydrogens is 270 g/mol. The van der Waals surface area contributed by atoms with E-state index in [0.29, 0.717) is 6.10 Å². The van der Waals surface area contributed by atoms with E-state index in [1.165, 1.54) is 17.1 Å². The molecule has 1 aromatic carbocycles. The molecule has 1 saturated heterocycles. The minimum atomic E-state index is -0.00705. The van der Waals surface area contributed by atoms with E-state index in [-0.39, 0.29) is 5.54 Å². The van der Waals surface area contributed by atoms with E-state index in [9.17, 15) is 0 Å². The summed E-state index contributed by atoms with van der Waals surface area (Å²) in [5.74, 6) is 4.14. The van der Waals surface area contributed by atoms with E-state index in [2.05, 4.69) is 6.07 Å². The van der Waals surface area contributed by atoms with E-state index in [0.717, 1.165) is 43.6 Å². The van der Waals surface area contributed by atoms with Crippen molar-refractivity contribution < 1.29 is 9.47 Å². The Hall–Kier alpha value is -0.870. The minimum absolute atomic E-state index is 0.00705. The van der Waals surface area contributed by atoms with Gasteiger partial charge in [0.2, 0.25) is 0 Å². The van der Waals surface area contributed by atoms with E-state index < -0.39 is 0 Å². The van der Waals surface area contributed by atoms with E-state index >= 15 is 0 Å². The van der Waals surface area contributed by atoms with Crippen molar-refractivity contribution in [2.75, 3.05) is 18.6 Å². The predicted octanol–water partition coefficient (Wildman–Crippen LogP) is 3.00. The van der Waals surface area contributed by atoms with Crippen LogP contribution in [-0.4, -0.2) is 30.3 Å². The third-order valence-electron chi connectivity index (χ3n) is 4.17. The van der Waals surface area contributed by atoms with Crippen LogP contribution < -0.4 is 15.2 Å². The monoisotopic (exact) mass is 293 g/mol. The zero-order chi connectivity index (χ0) is 14.0. The fourth-order valence-corrected chi connectivity index (χ4v) is 3.74. The molecule has 4 heteroatoms. The molecule has 0 amide bonds. The SMILES string of the molecule is COc1cccc(CC2(N)CC2)c1OC1CCSCC1. The van der Waals surface area contributed by atoms with Crippen LogP contribution in [0.2, 0.25) is 0 Å². The van der Waals surface area contributed by atoms with Gasteiger partial charge >= 0.3 is 0 Å². The Bertz CT molecular complexity index is 468. The predicted molar refractivity (Wildman–Crippen MR) is 83.8 cm³/mol. The molecule has 0 atom stereocenters. The van der Waals surface area contributed by atoms with Crippen LogP contribution in [0.5, 0.6) is 11.5 Å². The highest BCUT2D eigenvalue weighted by atomic mass is 32.2. The Morgan fingerprint density at radius 3 is 2.70 bits per heavy atom. The smallest absolute Gasteiger partial charge is 0.164 e. The Kier molecular flexibility index (Phi) is 4.13. The maximum absolute atomic E-state index is 6.29. The lowest BCUT2D eigenvalue weighted by Crippen LogP contribution is -2.26. The maximum Gasteiger partial charge on any atom is 0.164 e. The molecule has 0 unspecified atom stereocenters. The molecule has 0 aromatic heterocycles. The van der Waals surface area contributed by atoms with E-state index in [4.69, 9.17) is 15.2 Å². The van der Waals surface area contributed by atoms with Gasteiger partial charge in [0, 0.05) is 5.54 Å². The molecule has 0 radical (unpaired) electrons. The zero-order valence-electron chi connectivity index (χ0n) is 12.1. The first-order chi connectivity index (χ1) is 9.70. The zero-order valence-corrected chi connectivity index (χ0v) is 12.9. The average Bonchev–Trinajstić information content (AvgIpc) is 3.19. The molecule has 1 aliphatic carbocycles. The van der Waals surface area contributed by atoms with Crippen molar-refractivity contribution in [1.29, 1.82) is 0 Å². The quantitative estimate of drug-likeness (QED) is 0.906. The number of rotatable bonds is 5. The summed E-state index contributed by atoms with van der Waals surface area (Å²) in [4.78, 5) is 0. The number of hydrogen-bond acceptors (Lipinski definition) is 4. The summed E-state index contributed by atoms with van der Waals surface area (Å²) in [7, 11) is 1.71. The second kappa shape index (κ2) is 5.86. The van der Waals surface area contributed by atoms with Crippen LogP contribution in [0, 0.1) is 0 Å². The molecule has 3 nitrogen and oxygen atoms in total. The molecule has 3 rings (SSSR count). The van der Waals surface area contributed by atoms with Gasteiger partial charge in [-0.1, -0.05) is 12.1 Å². The van der Waals surface area contributed by atoms with Crippen molar-refractivity contribution >= 4 is 11.8 Å². The molecule has 20 heavy (non-hydrogen) atoms. The van der Waals surface area contributed by atoms with Crippen LogP contribution in [0.25, 0.3) is 0 Å². The molecule has 0 bridgehead atoms. The molecule has 0 spiro atoms. The number of benzene rings is 1. The van der Waals surface area contributed by atoms with Crippen molar-refractivity contribution in [2.45, 2.75) is 43.7 Å². The van der Waals surface area contributed by atoms with Crippen molar-refractivity contribution in [3.8, 4) is 11.5 Å². The van der Waals surface area contributed by atoms with Gasteiger partial charge < -0.3 is 15.2 Å². The minimum Gasteiger partial charge on any atom is -0.493 e. The largest absolute Gasteiger partial charge is 0.493 e. The van der Waals surface area contributed by atoms with Crippen LogP contribution in [0.1, 0.15) is 31.2 Å². The Labute approximate surface area is 125 Å². The summed E-state index contributed by atoms with van der Waals surface area (Å²) in [5.41, 5.74) is 7.46. The van der Waals surface area contributed by atoms with Gasteiger partial charge in [-0.3, -0.25) is 0 Å². The van der Waals surface area contributed by atoms with E-state index in [1.807, 2.05) is 23.9 Å². The summed E-state index contributed by atoms with van der Waals surface area (Å²) in [6.07, 6.45) is 5.68. The van der Waals surface area contributed by atoms with Crippen LogP contribution in [0.15, 0.2) is 18.2 Å². The van der Waals surface area contributed by atoms with Gasteiger partial charge in [0.1, 0.15) is 6.10 Å². The third kappa shape index (κ3) is 3.23. The van der Waals surface area contributed by atoms with Gasteiger partial charge in [0.15, 0.2) is 11.5 Å². The molecule has 2 N–H and O–H groups in total. The lowest BCUT2D eigenvalue weighted by molar-refractivity contribution is 0.182. The molecular formula is C16H23NO2S. The number of ether oxygens (including phenoxy) is 2. The highest BCUT2D eigenvalue weighted by molar-refractivity contribution is 7.99. The fraction of sp³-hybridized carbons (Fsp3) is 0.625. The summed E-state index contributed by atoms with van der Waals surface area (Å²) >= 11 is 2.01. The third-order valence-corrected chi connectivity index (χ3v) is 5.22. The maximum atomic E-state index is 6.29. The van der Waals surface area contributed by atoms with Crippen LogP contribution >= 0.6 is 11.8 Å². The second-order valence-electron chi connectivity index (χ2n) is 5.92. The number of methoxy groups -OCH3 is 1. The summed E-state index contributed by atoms with van der Waals surface area (Å²) in [5, 5.41) is 0. The average molecular weight is 293 g/mol. The van der Waals surface area contributed by atoms with Crippen LogP contribution in [0.4, 0.5) is 0 Å². The molecule has 2 fully saturated rings. The Morgan fingerprint density at radius 2 is 2.05 bits per heavy atom. The summed E-state index contributed by atoms with van der Waals surface area (Å²) in [6, 6.07) is 6.14. The normalized spacial score (nSPS) is 21.5. The molecule has 1 aromatic rings. The highest BCUT2D eigenvalue weighted by Crippen LogP contribution is 2.41.